The molecule has 2 aromatic rings. The van der Waals surface area contributed by atoms with Crippen molar-refractivity contribution in [3.8, 4) is 11.5 Å². The van der Waals surface area contributed by atoms with Gasteiger partial charge in [0, 0.05) is 16.1 Å². The Balaban J connectivity index is 2.61. The second kappa shape index (κ2) is 6.78. The van der Waals surface area contributed by atoms with Crippen molar-refractivity contribution in [2.75, 3.05) is 21.3 Å². The maximum Gasteiger partial charge on any atom is 0.129 e. The van der Waals surface area contributed by atoms with Crippen LogP contribution in [0.15, 0.2) is 36.4 Å². The maximum absolute atomic E-state index is 14.2. The van der Waals surface area contributed by atoms with E-state index in [9.17, 15) is 4.39 Å². The normalized spacial score (nSPS) is 12.0. The minimum Gasteiger partial charge on any atom is -0.497 e. The number of methoxy groups -OCH3 is 2. The van der Waals surface area contributed by atoms with E-state index in [1.807, 2.05) is 6.07 Å². The largest absolute Gasteiger partial charge is 0.497 e. The van der Waals surface area contributed by atoms with Crippen LogP contribution in [0.3, 0.4) is 0 Å². The zero-order valence-electron chi connectivity index (χ0n) is 12.1. The van der Waals surface area contributed by atoms with E-state index in [1.54, 1.807) is 45.5 Å². The van der Waals surface area contributed by atoms with Gasteiger partial charge in [-0.1, -0.05) is 17.7 Å². The van der Waals surface area contributed by atoms with Crippen LogP contribution in [0.4, 0.5) is 4.39 Å². The summed E-state index contributed by atoms with van der Waals surface area (Å²) in [6.07, 6.45) is 0. The average Bonchev–Trinajstić information content (AvgIpc) is 2.50. The van der Waals surface area contributed by atoms with Crippen molar-refractivity contribution in [2.24, 2.45) is 0 Å². The van der Waals surface area contributed by atoms with Crippen LogP contribution in [0.1, 0.15) is 17.2 Å². The molecule has 0 radical (unpaired) electrons. The van der Waals surface area contributed by atoms with Crippen molar-refractivity contribution in [3.05, 3.63) is 58.4 Å². The highest BCUT2D eigenvalue weighted by atomic mass is 35.5. The van der Waals surface area contributed by atoms with Crippen LogP contribution in [0, 0.1) is 5.82 Å². The highest BCUT2D eigenvalue weighted by Crippen LogP contribution is 2.36. The molecule has 0 amide bonds. The Morgan fingerprint density at radius 2 is 1.90 bits per heavy atom. The molecule has 0 spiro atoms. The summed E-state index contributed by atoms with van der Waals surface area (Å²) in [5, 5.41) is 3.44. The Hall–Kier alpha value is -1.78. The van der Waals surface area contributed by atoms with Crippen LogP contribution in [0.25, 0.3) is 0 Å². The van der Waals surface area contributed by atoms with Crippen LogP contribution in [0.2, 0.25) is 5.02 Å². The monoisotopic (exact) mass is 309 g/mol. The van der Waals surface area contributed by atoms with Crippen molar-refractivity contribution >= 4 is 11.6 Å². The predicted octanol–water partition coefficient (Wildman–Crippen LogP) is 3.81. The van der Waals surface area contributed by atoms with Crippen LogP contribution in [-0.2, 0) is 0 Å². The zero-order valence-corrected chi connectivity index (χ0v) is 12.9. The van der Waals surface area contributed by atoms with Gasteiger partial charge in [0.15, 0.2) is 0 Å². The summed E-state index contributed by atoms with van der Waals surface area (Å²) in [4.78, 5) is 0. The minimum absolute atomic E-state index is 0.360. The molecule has 0 saturated carbocycles. The van der Waals surface area contributed by atoms with Gasteiger partial charge in [-0.15, -0.1) is 0 Å². The summed E-state index contributed by atoms with van der Waals surface area (Å²) in [6.45, 7) is 0. The Labute approximate surface area is 128 Å². The molecule has 0 aliphatic carbocycles. The van der Waals surface area contributed by atoms with E-state index in [-0.39, 0.29) is 5.82 Å². The lowest BCUT2D eigenvalue weighted by atomic mass is 9.97. The highest BCUT2D eigenvalue weighted by molar-refractivity contribution is 6.31. The second-order valence-corrected chi connectivity index (χ2v) is 4.87. The highest BCUT2D eigenvalue weighted by Gasteiger charge is 2.23. The molecule has 0 aromatic heterocycles. The van der Waals surface area contributed by atoms with E-state index < -0.39 is 6.04 Å². The summed E-state index contributed by atoms with van der Waals surface area (Å²) in [7, 11) is 4.89. The van der Waals surface area contributed by atoms with Gasteiger partial charge in [0.2, 0.25) is 0 Å². The number of halogens is 2. The van der Waals surface area contributed by atoms with Gasteiger partial charge in [-0.05, 0) is 37.4 Å². The van der Waals surface area contributed by atoms with Gasteiger partial charge in [-0.25, -0.2) is 4.39 Å². The fourth-order valence-electron chi connectivity index (χ4n) is 2.31. The van der Waals surface area contributed by atoms with Crippen molar-refractivity contribution in [1.82, 2.24) is 5.32 Å². The number of hydrogen-bond acceptors (Lipinski definition) is 3. The smallest absolute Gasteiger partial charge is 0.129 e. The van der Waals surface area contributed by atoms with Gasteiger partial charge in [-0.2, -0.15) is 0 Å². The third kappa shape index (κ3) is 3.12. The summed E-state index contributed by atoms with van der Waals surface area (Å²) >= 11 is 6.17. The van der Waals surface area contributed by atoms with Gasteiger partial charge in [0.05, 0.1) is 20.3 Å². The summed E-state index contributed by atoms with van der Waals surface area (Å²) in [5.74, 6) is 0.930. The maximum atomic E-state index is 14.2. The number of benzene rings is 2. The molecule has 21 heavy (non-hydrogen) atoms. The molecule has 2 aromatic carbocycles. The lowest BCUT2D eigenvalue weighted by Crippen LogP contribution is -2.20. The third-order valence-electron chi connectivity index (χ3n) is 3.32. The molecular formula is C16H17ClFNO2. The molecule has 2 rings (SSSR count). The molecule has 112 valence electrons. The Kier molecular flexibility index (Phi) is 5.04. The Morgan fingerprint density at radius 1 is 1.14 bits per heavy atom. The molecule has 1 N–H and O–H groups in total. The number of nitrogens with one attached hydrogen (secondary N) is 1. The SMILES string of the molecule is CNC(c1cc(OC)ccc1OC)c1c(F)cccc1Cl. The fourth-order valence-corrected chi connectivity index (χ4v) is 2.58. The molecule has 0 saturated heterocycles. The van der Waals surface area contributed by atoms with Crippen molar-refractivity contribution in [2.45, 2.75) is 6.04 Å². The quantitative estimate of drug-likeness (QED) is 0.911. The van der Waals surface area contributed by atoms with Gasteiger partial charge >= 0.3 is 0 Å². The van der Waals surface area contributed by atoms with Gasteiger partial charge < -0.3 is 14.8 Å². The molecule has 1 atom stereocenters. The van der Waals surface area contributed by atoms with E-state index in [1.165, 1.54) is 6.07 Å². The average molecular weight is 310 g/mol. The molecule has 0 heterocycles. The van der Waals surface area contributed by atoms with Crippen molar-refractivity contribution in [1.29, 1.82) is 0 Å². The first kappa shape index (κ1) is 15.6. The second-order valence-electron chi connectivity index (χ2n) is 4.46. The molecule has 0 aliphatic rings. The van der Waals surface area contributed by atoms with E-state index >= 15 is 0 Å². The van der Waals surface area contributed by atoms with Gasteiger partial charge in [0.1, 0.15) is 17.3 Å². The standard InChI is InChI=1S/C16H17ClFNO2/c1-19-16(15-12(17)5-4-6-13(15)18)11-9-10(20-2)7-8-14(11)21-3/h4-9,16,19H,1-3H3. The Bertz CT molecular complexity index is 613. The molecular weight excluding hydrogens is 293 g/mol. The van der Waals surface area contributed by atoms with Crippen LogP contribution in [0.5, 0.6) is 11.5 Å². The van der Waals surface area contributed by atoms with Crippen LogP contribution < -0.4 is 14.8 Å². The van der Waals surface area contributed by atoms with Gasteiger partial charge in [0.25, 0.3) is 0 Å². The predicted molar refractivity (Wildman–Crippen MR) is 81.9 cm³/mol. The topological polar surface area (TPSA) is 30.5 Å². The Morgan fingerprint density at radius 3 is 2.48 bits per heavy atom. The molecule has 0 aliphatic heterocycles. The van der Waals surface area contributed by atoms with Crippen molar-refractivity contribution in [3.63, 3.8) is 0 Å². The first-order valence-corrected chi connectivity index (χ1v) is 6.83. The van der Waals surface area contributed by atoms with E-state index in [0.29, 0.717) is 22.1 Å². The lowest BCUT2D eigenvalue weighted by Gasteiger charge is -2.22. The van der Waals surface area contributed by atoms with Gasteiger partial charge in [-0.3, -0.25) is 0 Å². The number of hydrogen-bond donors (Lipinski definition) is 1. The third-order valence-corrected chi connectivity index (χ3v) is 3.65. The minimum atomic E-state index is -0.441. The lowest BCUT2D eigenvalue weighted by molar-refractivity contribution is 0.394. The summed E-state index contributed by atoms with van der Waals surface area (Å²) in [6, 6.07) is 9.57. The zero-order chi connectivity index (χ0) is 15.4. The van der Waals surface area contributed by atoms with Crippen molar-refractivity contribution < 1.29 is 13.9 Å². The summed E-state index contributed by atoms with van der Waals surface area (Å²) in [5.41, 5.74) is 1.14. The fraction of sp³-hybridized carbons (Fsp3) is 0.250. The summed E-state index contributed by atoms with van der Waals surface area (Å²) < 4.78 is 24.8. The first-order chi connectivity index (χ1) is 10.1. The first-order valence-electron chi connectivity index (χ1n) is 6.45. The molecule has 1 unspecified atom stereocenters. The van der Waals surface area contributed by atoms with E-state index in [0.717, 1.165) is 5.56 Å². The molecule has 0 bridgehead atoms. The van der Waals surface area contributed by atoms with E-state index in [4.69, 9.17) is 21.1 Å². The molecule has 5 heteroatoms. The molecule has 0 fully saturated rings. The van der Waals surface area contributed by atoms with E-state index in [2.05, 4.69) is 5.32 Å². The number of rotatable bonds is 5. The number of ether oxygens (including phenoxy) is 2. The van der Waals surface area contributed by atoms with Crippen LogP contribution >= 0.6 is 11.6 Å². The molecule has 3 nitrogen and oxygen atoms in total. The van der Waals surface area contributed by atoms with Crippen LogP contribution in [-0.4, -0.2) is 21.3 Å².